The van der Waals surface area contributed by atoms with Crippen LogP contribution in [0.3, 0.4) is 0 Å². The van der Waals surface area contributed by atoms with Crippen LogP contribution in [0.4, 0.5) is 11.5 Å². The maximum Gasteiger partial charge on any atom is 0.185 e. The van der Waals surface area contributed by atoms with Gasteiger partial charge in [0.25, 0.3) is 0 Å². The van der Waals surface area contributed by atoms with E-state index < -0.39 is 0 Å². The Labute approximate surface area is 191 Å². The van der Waals surface area contributed by atoms with Crippen LogP contribution in [0.15, 0.2) is 67.3 Å². The van der Waals surface area contributed by atoms with Crippen LogP contribution in [0, 0.1) is 0 Å². The molecule has 4 aromatic heterocycles. The summed E-state index contributed by atoms with van der Waals surface area (Å²) in [7, 11) is 0. The Morgan fingerprint density at radius 1 is 1.00 bits per heavy atom. The lowest BCUT2D eigenvalue weighted by atomic mass is 10.1. The van der Waals surface area contributed by atoms with Crippen molar-refractivity contribution < 1.29 is 4.79 Å². The Hall–Kier alpha value is -4.44. The van der Waals surface area contributed by atoms with E-state index >= 15 is 0 Å². The number of aromatic nitrogens is 7. The highest BCUT2D eigenvalue weighted by molar-refractivity contribution is 7.05. The molecule has 0 unspecified atom stereocenters. The Bertz CT molecular complexity index is 1600. The third kappa shape index (κ3) is 3.83. The Kier molecular flexibility index (Phi) is 4.62. The molecule has 0 aliphatic rings. The average Bonchev–Trinajstić information content (AvgIpc) is 3.59. The summed E-state index contributed by atoms with van der Waals surface area (Å²) in [5.41, 5.74) is 4.13. The van der Waals surface area contributed by atoms with Crippen molar-refractivity contribution in [1.29, 1.82) is 0 Å². The first kappa shape index (κ1) is 19.3. The van der Waals surface area contributed by atoms with Gasteiger partial charge < -0.3 is 10.3 Å². The third-order valence-corrected chi connectivity index (χ3v) is 5.93. The molecule has 0 atom stereocenters. The van der Waals surface area contributed by atoms with E-state index in [-0.39, 0.29) is 12.2 Å². The van der Waals surface area contributed by atoms with Gasteiger partial charge >= 0.3 is 0 Å². The van der Waals surface area contributed by atoms with Crippen molar-refractivity contribution in [3.8, 4) is 11.4 Å². The van der Waals surface area contributed by atoms with Crippen molar-refractivity contribution in [2.24, 2.45) is 0 Å². The largest absolute Gasteiger partial charge is 0.352 e. The lowest BCUT2D eigenvalue weighted by Crippen LogP contribution is -2.03. The van der Waals surface area contributed by atoms with Gasteiger partial charge in [-0.15, -0.1) is 0 Å². The van der Waals surface area contributed by atoms with Crippen LogP contribution in [-0.2, 0) is 6.42 Å². The van der Waals surface area contributed by atoms with Gasteiger partial charge in [0.1, 0.15) is 17.2 Å². The number of nitrogens with one attached hydrogen (secondary N) is 3. The van der Waals surface area contributed by atoms with Gasteiger partial charge in [-0.3, -0.25) is 9.89 Å². The number of aromatic amines is 2. The van der Waals surface area contributed by atoms with Crippen LogP contribution in [-0.4, -0.2) is 40.3 Å². The summed E-state index contributed by atoms with van der Waals surface area (Å²) in [5.74, 6) is 1.24. The summed E-state index contributed by atoms with van der Waals surface area (Å²) >= 11 is 1.23. The first-order valence-electron chi connectivity index (χ1n) is 10.2. The van der Waals surface area contributed by atoms with Crippen LogP contribution in [0.25, 0.3) is 33.2 Å². The van der Waals surface area contributed by atoms with E-state index in [0.29, 0.717) is 22.3 Å². The van der Waals surface area contributed by atoms with Crippen molar-refractivity contribution in [1.82, 2.24) is 34.5 Å². The highest BCUT2D eigenvalue weighted by Crippen LogP contribution is 2.25. The van der Waals surface area contributed by atoms with E-state index in [1.807, 2.05) is 48.5 Å². The molecule has 0 amide bonds. The average molecular weight is 453 g/mol. The van der Waals surface area contributed by atoms with Crippen LogP contribution < -0.4 is 5.32 Å². The number of carbonyl (C=O) groups excluding carboxylic acids is 1. The van der Waals surface area contributed by atoms with E-state index in [1.54, 1.807) is 12.4 Å². The number of hydrogen-bond acceptors (Lipinski definition) is 8. The summed E-state index contributed by atoms with van der Waals surface area (Å²) in [6.45, 7) is 0. The molecule has 0 spiro atoms. The second-order valence-corrected chi connectivity index (χ2v) is 8.35. The first-order chi connectivity index (χ1) is 16.2. The summed E-state index contributed by atoms with van der Waals surface area (Å²) in [4.78, 5) is 29.0. The van der Waals surface area contributed by atoms with Crippen LogP contribution >= 0.6 is 11.5 Å². The third-order valence-electron chi connectivity index (χ3n) is 5.27. The minimum Gasteiger partial charge on any atom is -0.352 e. The molecule has 2 aromatic carbocycles. The first-order valence-corrected chi connectivity index (χ1v) is 10.9. The lowest BCUT2D eigenvalue weighted by molar-refractivity contribution is 0.0989. The van der Waals surface area contributed by atoms with Gasteiger partial charge in [-0.1, -0.05) is 12.1 Å². The van der Waals surface area contributed by atoms with Gasteiger partial charge in [0.15, 0.2) is 11.6 Å². The van der Waals surface area contributed by atoms with E-state index in [0.717, 1.165) is 33.1 Å². The zero-order valence-electron chi connectivity index (χ0n) is 17.1. The molecule has 3 N–H and O–H groups in total. The molecule has 33 heavy (non-hydrogen) atoms. The number of anilines is 2. The standard InChI is InChI=1S/C23H16N8OS/c32-20(10-22-25-12-27-33-22)19-8-13-1-2-14(9-18(13)29-19)23-24-6-5-21(30-23)28-16-3-4-17-15(7-16)11-26-31-17/h1-9,11-12,29H,10H2,(H,26,31)(H,24,28,30). The van der Waals surface area contributed by atoms with Crippen molar-refractivity contribution in [3.63, 3.8) is 0 Å². The van der Waals surface area contributed by atoms with Gasteiger partial charge in [-0.05, 0) is 47.9 Å². The number of ketones is 1. The summed E-state index contributed by atoms with van der Waals surface area (Å²) in [6.07, 6.45) is 5.19. The fraction of sp³-hybridized carbons (Fsp3) is 0.0435. The predicted octanol–water partition coefficient (Wildman–Crippen LogP) is 4.52. The molecule has 4 heterocycles. The molecule has 0 bridgehead atoms. The number of hydrogen-bond donors (Lipinski definition) is 3. The zero-order chi connectivity index (χ0) is 22.2. The molecule has 0 saturated carbocycles. The molecular weight excluding hydrogens is 436 g/mol. The van der Waals surface area contributed by atoms with Gasteiger partial charge in [-0.2, -0.15) is 9.47 Å². The monoisotopic (exact) mass is 452 g/mol. The van der Waals surface area contributed by atoms with Gasteiger partial charge in [0, 0.05) is 33.7 Å². The van der Waals surface area contributed by atoms with Gasteiger partial charge in [-0.25, -0.2) is 15.0 Å². The number of Topliss-reactive ketones (excluding diaryl/α,β-unsaturated/α-hetero) is 1. The predicted molar refractivity (Wildman–Crippen MR) is 127 cm³/mol. The van der Waals surface area contributed by atoms with Crippen molar-refractivity contribution in [2.45, 2.75) is 6.42 Å². The molecule has 0 saturated heterocycles. The number of fused-ring (bicyclic) bond motifs is 2. The van der Waals surface area contributed by atoms with Crippen molar-refractivity contribution in [3.05, 3.63) is 78.0 Å². The van der Waals surface area contributed by atoms with Crippen LogP contribution in [0.1, 0.15) is 15.5 Å². The molecule has 9 nitrogen and oxygen atoms in total. The highest BCUT2D eigenvalue weighted by Gasteiger charge is 2.13. The topological polar surface area (TPSA) is 125 Å². The number of H-pyrrole nitrogens is 2. The Morgan fingerprint density at radius 2 is 1.97 bits per heavy atom. The smallest absolute Gasteiger partial charge is 0.185 e. The molecule has 10 heteroatoms. The Morgan fingerprint density at radius 3 is 2.88 bits per heavy atom. The summed E-state index contributed by atoms with van der Waals surface area (Å²) in [5, 5.41) is 13.0. The maximum atomic E-state index is 12.6. The fourth-order valence-corrected chi connectivity index (χ4v) is 4.16. The van der Waals surface area contributed by atoms with E-state index in [9.17, 15) is 4.79 Å². The second kappa shape index (κ2) is 7.92. The molecule has 0 aliphatic carbocycles. The molecule has 6 aromatic rings. The summed E-state index contributed by atoms with van der Waals surface area (Å²) < 4.78 is 3.95. The van der Waals surface area contributed by atoms with Gasteiger partial charge in [0.2, 0.25) is 0 Å². The Balaban J connectivity index is 1.26. The zero-order valence-corrected chi connectivity index (χ0v) is 17.9. The van der Waals surface area contributed by atoms with Crippen LogP contribution in [0.5, 0.6) is 0 Å². The number of nitrogens with zero attached hydrogens (tertiary/aromatic N) is 5. The van der Waals surface area contributed by atoms with E-state index in [2.05, 4.69) is 39.8 Å². The quantitative estimate of drug-likeness (QED) is 0.317. The minimum atomic E-state index is -0.0264. The number of carbonyl (C=O) groups is 1. The second-order valence-electron chi connectivity index (χ2n) is 7.48. The maximum absolute atomic E-state index is 12.6. The highest BCUT2D eigenvalue weighted by atomic mass is 32.1. The van der Waals surface area contributed by atoms with E-state index in [4.69, 9.17) is 0 Å². The van der Waals surface area contributed by atoms with Crippen molar-refractivity contribution >= 4 is 50.6 Å². The van der Waals surface area contributed by atoms with Crippen LogP contribution in [0.2, 0.25) is 0 Å². The van der Waals surface area contributed by atoms with Crippen molar-refractivity contribution in [2.75, 3.05) is 5.32 Å². The molecule has 6 rings (SSSR count). The molecule has 160 valence electrons. The van der Waals surface area contributed by atoms with Gasteiger partial charge in [0.05, 0.1) is 23.8 Å². The molecular formula is C23H16N8OS. The molecule has 0 radical (unpaired) electrons. The number of rotatable bonds is 6. The SMILES string of the molecule is O=C(Cc1ncns1)c1cc2ccc(-c3nccc(Nc4ccc5[nH]ncc5c4)n3)cc2[nH]1. The molecule has 0 fully saturated rings. The van der Waals surface area contributed by atoms with E-state index in [1.165, 1.54) is 17.9 Å². The normalized spacial score (nSPS) is 11.3. The minimum absolute atomic E-state index is 0.0264. The summed E-state index contributed by atoms with van der Waals surface area (Å²) in [6, 6.07) is 15.5. The number of benzene rings is 2. The lowest BCUT2D eigenvalue weighted by Gasteiger charge is -2.07. The fourth-order valence-electron chi connectivity index (χ4n) is 3.66. The molecule has 0 aliphatic heterocycles.